The number of methoxy groups -OCH3 is 1. The van der Waals surface area contributed by atoms with E-state index in [9.17, 15) is 14.9 Å². The van der Waals surface area contributed by atoms with Gasteiger partial charge in [0.15, 0.2) is 0 Å². The minimum Gasteiger partial charge on any atom is -0.465 e. The van der Waals surface area contributed by atoms with Crippen LogP contribution in [0.5, 0.6) is 0 Å². The molecule has 26 heavy (non-hydrogen) atoms. The largest absolute Gasteiger partial charge is 0.465 e. The summed E-state index contributed by atoms with van der Waals surface area (Å²) in [4.78, 5) is 22.0. The number of anilines is 1. The number of carbonyl (C=O) groups is 1. The maximum Gasteiger partial charge on any atom is 0.337 e. The van der Waals surface area contributed by atoms with Gasteiger partial charge in [-0.1, -0.05) is 29.4 Å². The lowest BCUT2D eigenvalue weighted by molar-refractivity contribution is -0.384. The lowest BCUT2D eigenvalue weighted by Gasteiger charge is -2.03. The van der Waals surface area contributed by atoms with Crippen molar-refractivity contribution in [2.75, 3.05) is 12.4 Å². The summed E-state index contributed by atoms with van der Waals surface area (Å²) in [5.41, 5.74) is 1.47. The number of nitrogens with one attached hydrogen (secondary N) is 1. The topological polar surface area (TPSA) is 120 Å². The minimum absolute atomic E-state index is 0.0563. The molecule has 0 saturated heterocycles. The highest BCUT2D eigenvalue weighted by Crippen LogP contribution is 2.29. The second kappa shape index (κ2) is 7.43. The molecule has 0 amide bonds. The van der Waals surface area contributed by atoms with Crippen LogP contribution in [0, 0.1) is 10.1 Å². The molecule has 0 aliphatic heterocycles. The number of hydrogen-bond acceptors (Lipinski definition) is 8. The number of nitro groups is 1. The van der Waals surface area contributed by atoms with Crippen molar-refractivity contribution in [2.24, 2.45) is 0 Å². The predicted octanol–water partition coefficient (Wildman–Crippen LogP) is 3.04. The van der Waals surface area contributed by atoms with Crippen molar-refractivity contribution in [3.8, 4) is 11.5 Å². The monoisotopic (exact) mass is 354 g/mol. The summed E-state index contributed by atoms with van der Waals surface area (Å²) in [7, 11) is 1.32. The van der Waals surface area contributed by atoms with E-state index in [1.807, 2.05) is 0 Å². The molecule has 1 heterocycles. The van der Waals surface area contributed by atoms with E-state index in [4.69, 9.17) is 4.42 Å². The van der Waals surface area contributed by atoms with Gasteiger partial charge in [-0.25, -0.2) is 4.79 Å². The number of para-hydroxylation sites is 1. The molecule has 0 aliphatic rings. The number of rotatable bonds is 6. The van der Waals surface area contributed by atoms with Crippen molar-refractivity contribution < 1.29 is 18.9 Å². The van der Waals surface area contributed by atoms with Crippen LogP contribution < -0.4 is 5.32 Å². The number of carbonyl (C=O) groups excluding carboxylic acids is 1. The normalized spacial score (nSPS) is 10.3. The van der Waals surface area contributed by atoms with E-state index < -0.39 is 10.9 Å². The molecule has 1 N–H and O–H groups in total. The molecule has 1 aromatic heterocycles. The summed E-state index contributed by atoms with van der Waals surface area (Å²) < 4.78 is 10.1. The van der Waals surface area contributed by atoms with E-state index in [1.165, 1.54) is 13.2 Å². The lowest BCUT2D eigenvalue weighted by atomic mass is 10.1. The lowest BCUT2D eigenvalue weighted by Crippen LogP contribution is -2.03. The molecular weight excluding hydrogens is 340 g/mol. The van der Waals surface area contributed by atoms with Crippen LogP contribution >= 0.6 is 0 Å². The maximum atomic E-state index is 11.4. The number of benzene rings is 2. The van der Waals surface area contributed by atoms with E-state index >= 15 is 0 Å². The van der Waals surface area contributed by atoms with Crippen molar-refractivity contribution >= 4 is 17.7 Å². The van der Waals surface area contributed by atoms with Crippen LogP contribution in [0.15, 0.2) is 52.9 Å². The van der Waals surface area contributed by atoms with Gasteiger partial charge in [-0.15, -0.1) is 5.10 Å². The molecule has 0 unspecified atom stereocenters. The fraction of sp³-hybridized carbons (Fsp3) is 0.118. The van der Waals surface area contributed by atoms with Crippen LogP contribution in [-0.2, 0) is 11.3 Å². The Labute approximate surface area is 147 Å². The van der Waals surface area contributed by atoms with Gasteiger partial charge in [-0.3, -0.25) is 10.1 Å². The van der Waals surface area contributed by atoms with Crippen molar-refractivity contribution in [3.63, 3.8) is 0 Å². The molecule has 9 heteroatoms. The molecule has 9 nitrogen and oxygen atoms in total. The molecule has 132 valence electrons. The van der Waals surface area contributed by atoms with E-state index in [1.54, 1.807) is 42.5 Å². The Hall–Kier alpha value is -3.75. The molecule has 2 aromatic carbocycles. The smallest absolute Gasteiger partial charge is 0.337 e. The SMILES string of the molecule is COC(=O)c1ccc(CNc2nnc(-c3ccccc3[N+](=O)[O-])o2)cc1. The first-order valence-corrected chi connectivity index (χ1v) is 7.57. The van der Waals surface area contributed by atoms with E-state index in [2.05, 4.69) is 20.3 Å². The van der Waals surface area contributed by atoms with Crippen LogP contribution in [-0.4, -0.2) is 28.2 Å². The highest BCUT2D eigenvalue weighted by Gasteiger charge is 2.19. The number of ether oxygens (including phenoxy) is 1. The molecular formula is C17H14N4O5. The van der Waals surface area contributed by atoms with Crippen LogP contribution in [0.3, 0.4) is 0 Å². The van der Waals surface area contributed by atoms with Gasteiger partial charge >= 0.3 is 12.0 Å². The second-order valence-electron chi connectivity index (χ2n) is 5.23. The fourth-order valence-corrected chi connectivity index (χ4v) is 2.27. The number of aromatic nitrogens is 2. The van der Waals surface area contributed by atoms with E-state index in [-0.39, 0.29) is 23.2 Å². The number of hydrogen-bond donors (Lipinski definition) is 1. The molecule has 0 radical (unpaired) electrons. The predicted molar refractivity (Wildman–Crippen MR) is 91.5 cm³/mol. The molecule has 3 rings (SSSR count). The Morgan fingerprint density at radius 1 is 1.19 bits per heavy atom. The highest BCUT2D eigenvalue weighted by molar-refractivity contribution is 5.89. The first-order chi connectivity index (χ1) is 12.6. The standard InChI is InChI=1S/C17H14N4O5/c1-25-16(22)12-8-6-11(7-9-12)10-18-17-20-19-15(26-17)13-4-2-3-5-14(13)21(23)24/h2-9H,10H2,1H3,(H,18,20). The van der Waals surface area contributed by atoms with Gasteiger partial charge in [0.25, 0.3) is 11.6 Å². The molecule has 0 saturated carbocycles. The minimum atomic E-state index is -0.504. The Kier molecular flexibility index (Phi) is 4.88. The van der Waals surface area contributed by atoms with Crippen LogP contribution in [0.25, 0.3) is 11.5 Å². The summed E-state index contributed by atoms with van der Waals surface area (Å²) >= 11 is 0. The number of nitrogens with zero attached hydrogens (tertiary/aromatic N) is 3. The summed E-state index contributed by atoms with van der Waals surface area (Å²) in [5, 5.41) is 21.7. The molecule has 0 bridgehead atoms. The first kappa shape index (κ1) is 17.1. The van der Waals surface area contributed by atoms with Crippen molar-refractivity contribution in [2.45, 2.75) is 6.54 Å². The Bertz CT molecular complexity index is 936. The molecule has 0 fully saturated rings. The van der Waals surface area contributed by atoms with Gasteiger partial charge in [0, 0.05) is 12.6 Å². The summed E-state index contributed by atoms with van der Waals surface area (Å²) in [5.74, 6) is -0.351. The second-order valence-corrected chi connectivity index (χ2v) is 5.23. The third-order valence-electron chi connectivity index (χ3n) is 3.57. The Morgan fingerprint density at radius 3 is 2.62 bits per heavy atom. The summed E-state index contributed by atoms with van der Waals surface area (Å²) in [6, 6.07) is 13.1. The van der Waals surface area contributed by atoms with Crippen LogP contribution in [0.4, 0.5) is 11.7 Å². The van der Waals surface area contributed by atoms with Crippen molar-refractivity contribution in [1.29, 1.82) is 0 Å². The van der Waals surface area contributed by atoms with Crippen LogP contribution in [0.1, 0.15) is 15.9 Å². The van der Waals surface area contributed by atoms with Gasteiger partial charge in [-0.2, -0.15) is 0 Å². The average Bonchev–Trinajstić information content (AvgIpc) is 3.15. The third-order valence-corrected chi connectivity index (χ3v) is 3.57. The van der Waals surface area contributed by atoms with E-state index in [0.717, 1.165) is 5.56 Å². The molecule has 0 spiro atoms. The first-order valence-electron chi connectivity index (χ1n) is 7.57. The Balaban J connectivity index is 1.70. The average molecular weight is 354 g/mol. The molecule has 3 aromatic rings. The van der Waals surface area contributed by atoms with Gasteiger partial charge in [0.1, 0.15) is 5.56 Å². The summed E-state index contributed by atoms with van der Waals surface area (Å²) in [6.07, 6.45) is 0. The zero-order chi connectivity index (χ0) is 18.5. The van der Waals surface area contributed by atoms with Gasteiger partial charge in [0.05, 0.1) is 17.6 Å². The van der Waals surface area contributed by atoms with Gasteiger partial charge < -0.3 is 14.5 Å². The number of nitro benzene ring substituents is 1. The van der Waals surface area contributed by atoms with Gasteiger partial charge in [-0.05, 0) is 23.8 Å². The maximum absolute atomic E-state index is 11.4. The van der Waals surface area contributed by atoms with E-state index in [0.29, 0.717) is 12.1 Å². The Morgan fingerprint density at radius 2 is 1.92 bits per heavy atom. The quantitative estimate of drug-likeness (QED) is 0.407. The van der Waals surface area contributed by atoms with Crippen LogP contribution in [0.2, 0.25) is 0 Å². The molecule has 0 aliphatic carbocycles. The molecule has 0 atom stereocenters. The third kappa shape index (κ3) is 3.66. The zero-order valence-corrected chi connectivity index (χ0v) is 13.7. The van der Waals surface area contributed by atoms with Crippen molar-refractivity contribution in [3.05, 3.63) is 69.8 Å². The zero-order valence-electron chi connectivity index (χ0n) is 13.7. The van der Waals surface area contributed by atoms with Gasteiger partial charge in [0.2, 0.25) is 0 Å². The highest BCUT2D eigenvalue weighted by atomic mass is 16.6. The number of esters is 1. The fourth-order valence-electron chi connectivity index (χ4n) is 2.27. The van der Waals surface area contributed by atoms with Crippen molar-refractivity contribution in [1.82, 2.24) is 10.2 Å². The summed E-state index contributed by atoms with van der Waals surface area (Å²) in [6.45, 7) is 0.375.